The number of benzene rings is 1. The largest absolute Gasteiger partial charge is 0.377 e. The number of nitrogens with one attached hydrogen (secondary N) is 2. The Hall–Kier alpha value is -2.41. The van der Waals surface area contributed by atoms with Crippen LogP contribution in [0.15, 0.2) is 24.3 Å². The van der Waals surface area contributed by atoms with E-state index in [2.05, 4.69) is 10.6 Å². The molecule has 0 radical (unpaired) electrons. The van der Waals surface area contributed by atoms with Crippen molar-refractivity contribution in [1.29, 1.82) is 0 Å². The highest BCUT2D eigenvalue weighted by Crippen LogP contribution is 2.29. The molecule has 25 heavy (non-hydrogen) atoms. The summed E-state index contributed by atoms with van der Waals surface area (Å²) in [5.41, 5.74) is 1.01. The monoisotopic (exact) mass is 345 g/mol. The minimum atomic E-state index is -0.441. The average molecular weight is 345 g/mol. The smallest absolute Gasteiger partial charge is 0.328 e. The highest BCUT2D eigenvalue weighted by Gasteiger charge is 2.36. The van der Waals surface area contributed by atoms with Gasteiger partial charge in [-0.3, -0.25) is 9.59 Å². The Kier molecular flexibility index (Phi) is 5.03. The Labute approximate surface area is 146 Å². The van der Waals surface area contributed by atoms with E-state index in [1.165, 1.54) is 0 Å². The number of urea groups is 1. The van der Waals surface area contributed by atoms with E-state index in [0.717, 1.165) is 4.90 Å². The third-order valence-corrected chi connectivity index (χ3v) is 4.57. The fourth-order valence-electron chi connectivity index (χ4n) is 3.35. The summed E-state index contributed by atoms with van der Waals surface area (Å²) in [6.45, 7) is 5.02. The topological polar surface area (TPSA) is 87.7 Å². The number of nitrogens with zero attached hydrogens (tertiary/aromatic N) is 1. The molecule has 0 saturated carbocycles. The van der Waals surface area contributed by atoms with Crippen molar-refractivity contribution in [3.8, 4) is 0 Å². The van der Waals surface area contributed by atoms with Crippen molar-refractivity contribution in [1.82, 2.24) is 5.32 Å². The molecule has 2 aliphatic heterocycles. The van der Waals surface area contributed by atoms with Gasteiger partial charge in [0.15, 0.2) is 0 Å². The first kappa shape index (κ1) is 17.4. The molecule has 2 N–H and O–H groups in total. The third-order valence-electron chi connectivity index (χ3n) is 4.57. The molecule has 2 heterocycles. The summed E-state index contributed by atoms with van der Waals surface area (Å²) in [6, 6.07) is 6.33. The zero-order chi connectivity index (χ0) is 18.0. The van der Waals surface area contributed by atoms with Gasteiger partial charge in [0.1, 0.15) is 0 Å². The number of carbonyl (C=O) groups excluding carboxylic acids is 3. The lowest BCUT2D eigenvalue weighted by Crippen LogP contribution is -2.50. The molecule has 134 valence electrons. The van der Waals surface area contributed by atoms with Crippen LogP contribution in [0.25, 0.3) is 0 Å². The molecule has 1 aromatic rings. The molecule has 2 atom stereocenters. The molecule has 0 spiro atoms. The van der Waals surface area contributed by atoms with Gasteiger partial charge in [0.2, 0.25) is 11.8 Å². The van der Waals surface area contributed by atoms with Crippen molar-refractivity contribution in [2.24, 2.45) is 11.8 Å². The summed E-state index contributed by atoms with van der Waals surface area (Å²) in [4.78, 5) is 37.7. The van der Waals surface area contributed by atoms with Crippen LogP contribution >= 0.6 is 0 Å². The van der Waals surface area contributed by atoms with Gasteiger partial charge in [-0.15, -0.1) is 0 Å². The molecular formula is C18H23N3O4. The number of hydrogen-bond acceptors (Lipinski definition) is 4. The van der Waals surface area contributed by atoms with Crippen LogP contribution in [0, 0.1) is 11.8 Å². The molecule has 1 aromatic carbocycles. The van der Waals surface area contributed by atoms with Gasteiger partial charge in [0.05, 0.1) is 17.7 Å². The van der Waals surface area contributed by atoms with Crippen LogP contribution in [0.2, 0.25) is 0 Å². The summed E-state index contributed by atoms with van der Waals surface area (Å²) >= 11 is 0. The minimum absolute atomic E-state index is 0.0855. The van der Waals surface area contributed by atoms with Gasteiger partial charge in [0.25, 0.3) is 0 Å². The third kappa shape index (κ3) is 3.66. The quantitative estimate of drug-likeness (QED) is 0.875. The molecule has 2 saturated heterocycles. The number of carbonyl (C=O) groups is 3. The fourth-order valence-corrected chi connectivity index (χ4v) is 3.35. The SMILES string of the molecule is CC(C)C1OCCC1C(=O)Nc1cccc(N2C(=O)CCNC2=O)c1. The van der Waals surface area contributed by atoms with Crippen LogP contribution in [0.3, 0.4) is 0 Å². The highest BCUT2D eigenvalue weighted by molar-refractivity contribution is 6.16. The summed E-state index contributed by atoms with van der Waals surface area (Å²) in [5, 5.41) is 5.54. The Morgan fingerprint density at radius 1 is 1.36 bits per heavy atom. The van der Waals surface area contributed by atoms with Crippen LogP contribution in [0.5, 0.6) is 0 Å². The van der Waals surface area contributed by atoms with Gasteiger partial charge in [-0.25, -0.2) is 9.69 Å². The lowest BCUT2D eigenvalue weighted by molar-refractivity contribution is -0.122. The van der Waals surface area contributed by atoms with Crippen LogP contribution in [0.4, 0.5) is 16.2 Å². The van der Waals surface area contributed by atoms with Gasteiger partial charge in [-0.2, -0.15) is 0 Å². The van der Waals surface area contributed by atoms with Crippen molar-refractivity contribution in [3.05, 3.63) is 24.3 Å². The highest BCUT2D eigenvalue weighted by atomic mass is 16.5. The first-order chi connectivity index (χ1) is 12.0. The summed E-state index contributed by atoms with van der Waals surface area (Å²) in [5.74, 6) is -0.276. The van der Waals surface area contributed by atoms with Crippen LogP contribution in [-0.4, -0.2) is 37.1 Å². The number of ether oxygens (including phenoxy) is 1. The lowest BCUT2D eigenvalue weighted by atomic mass is 9.92. The van der Waals surface area contributed by atoms with Crippen LogP contribution in [-0.2, 0) is 14.3 Å². The first-order valence-corrected chi connectivity index (χ1v) is 8.60. The normalized spacial score (nSPS) is 23.7. The van der Waals surface area contributed by atoms with Crippen molar-refractivity contribution in [3.63, 3.8) is 0 Å². The standard InChI is InChI=1S/C18H23N3O4/c1-11(2)16-14(7-9-25-16)17(23)20-12-4-3-5-13(10-12)21-15(22)6-8-19-18(21)24/h3-5,10-11,14,16H,6-9H2,1-2H3,(H,19,24)(H,20,23). The number of rotatable bonds is 4. The van der Waals surface area contributed by atoms with E-state index >= 15 is 0 Å². The van der Waals surface area contributed by atoms with E-state index in [1.54, 1.807) is 24.3 Å². The van der Waals surface area contributed by atoms with Crippen LogP contribution in [0.1, 0.15) is 26.7 Å². The van der Waals surface area contributed by atoms with Gasteiger partial charge in [-0.1, -0.05) is 19.9 Å². The Bertz CT molecular complexity index is 673. The fraction of sp³-hybridized carbons (Fsp3) is 0.500. The predicted octanol–water partition coefficient (Wildman–Crippen LogP) is 2.13. The lowest BCUT2D eigenvalue weighted by Gasteiger charge is -2.26. The molecule has 2 aliphatic rings. The van der Waals surface area contributed by atoms with Gasteiger partial charge in [-0.05, 0) is 30.5 Å². The maximum absolute atomic E-state index is 12.6. The zero-order valence-corrected chi connectivity index (χ0v) is 14.5. The van der Waals surface area contributed by atoms with E-state index in [-0.39, 0.29) is 36.2 Å². The van der Waals surface area contributed by atoms with Crippen molar-refractivity contribution in [2.75, 3.05) is 23.4 Å². The second-order valence-corrected chi connectivity index (χ2v) is 6.73. The minimum Gasteiger partial charge on any atom is -0.377 e. The molecular weight excluding hydrogens is 322 g/mol. The number of anilines is 2. The molecule has 7 nitrogen and oxygen atoms in total. The summed E-state index contributed by atoms with van der Waals surface area (Å²) in [7, 11) is 0. The van der Waals surface area contributed by atoms with E-state index in [0.29, 0.717) is 30.9 Å². The molecule has 0 bridgehead atoms. The molecule has 7 heteroatoms. The molecule has 4 amide bonds. The Balaban J connectivity index is 1.74. The number of imide groups is 1. The number of amides is 4. The predicted molar refractivity (Wildman–Crippen MR) is 93.3 cm³/mol. The second-order valence-electron chi connectivity index (χ2n) is 6.73. The van der Waals surface area contributed by atoms with Crippen molar-refractivity contribution >= 4 is 29.2 Å². The van der Waals surface area contributed by atoms with E-state index in [9.17, 15) is 14.4 Å². The van der Waals surface area contributed by atoms with Crippen molar-refractivity contribution < 1.29 is 19.1 Å². The van der Waals surface area contributed by atoms with Gasteiger partial charge in [0, 0.05) is 25.3 Å². The zero-order valence-electron chi connectivity index (χ0n) is 14.5. The average Bonchev–Trinajstić information content (AvgIpc) is 3.05. The second kappa shape index (κ2) is 7.23. The van der Waals surface area contributed by atoms with Crippen LogP contribution < -0.4 is 15.5 Å². The molecule has 2 fully saturated rings. The number of hydrogen-bond donors (Lipinski definition) is 2. The molecule has 0 aromatic heterocycles. The van der Waals surface area contributed by atoms with E-state index in [4.69, 9.17) is 4.74 Å². The Morgan fingerprint density at radius 2 is 2.16 bits per heavy atom. The Morgan fingerprint density at radius 3 is 2.88 bits per heavy atom. The molecule has 0 aliphatic carbocycles. The summed E-state index contributed by atoms with van der Waals surface area (Å²) in [6.07, 6.45) is 0.872. The molecule has 2 unspecified atom stereocenters. The maximum Gasteiger partial charge on any atom is 0.328 e. The first-order valence-electron chi connectivity index (χ1n) is 8.60. The van der Waals surface area contributed by atoms with Gasteiger partial charge < -0.3 is 15.4 Å². The van der Waals surface area contributed by atoms with Gasteiger partial charge >= 0.3 is 6.03 Å². The van der Waals surface area contributed by atoms with E-state index < -0.39 is 6.03 Å². The van der Waals surface area contributed by atoms with Crippen molar-refractivity contribution in [2.45, 2.75) is 32.8 Å². The molecule has 3 rings (SSSR count). The summed E-state index contributed by atoms with van der Waals surface area (Å²) < 4.78 is 5.67. The maximum atomic E-state index is 12.6. The van der Waals surface area contributed by atoms with E-state index in [1.807, 2.05) is 13.8 Å².